The van der Waals surface area contributed by atoms with Gasteiger partial charge >= 0.3 is 0 Å². The molecule has 0 heterocycles. The molecule has 0 saturated carbocycles. The van der Waals surface area contributed by atoms with Crippen LogP contribution in [0.1, 0.15) is 11.1 Å². The van der Waals surface area contributed by atoms with Gasteiger partial charge < -0.3 is 5.11 Å². The van der Waals surface area contributed by atoms with Crippen molar-refractivity contribution in [1.82, 2.24) is 0 Å². The summed E-state index contributed by atoms with van der Waals surface area (Å²) in [5.74, 6) is -0.0282. The average Bonchev–Trinajstić information content (AvgIpc) is 2.67. The smallest absolute Gasteiger partial charge is 0.202 e. The summed E-state index contributed by atoms with van der Waals surface area (Å²) in [5.41, 5.74) is 2.13. The molecule has 0 spiro atoms. The summed E-state index contributed by atoms with van der Waals surface area (Å²) >= 11 is 0. The molecule has 0 fully saturated rings. The van der Waals surface area contributed by atoms with Crippen molar-refractivity contribution in [1.29, 1.82) is 0 Å². The molecule has 26 heavy (non-hydrogen) atoms. The minimum atomic E-state index is -0.258. The first-order valence-electron chi connectivity index (χ1n) is 8.79. The fourth-order valence-electron chi connectivity index (χ4n) is 3.70. The lowest BCUT2D eigenvalue weighted by Gasteiger charge is -2.14. The molecule has 0 aliphatic carbocycles. The second-order valence-electron chi connectivity index (χ2n) is 6.69. The van der Waals surface area contributed by atoms with Crippen LogP contribution in [0.5, 0.6) is 5.75 Å². The van der Waals surface area contributed by atoms with Crippen LogP contribution in [0.3, 0.4) is 0 Å². The Morgan fingerprint density at radius 3 is 2.12 bits per heavy atom. The molecule has 4 aromatic carbocycles. The Hall–Kier alpha value is -3.13. The fraction of sp³-hybridized carbons (Fsp3) is 0.125. The zero-order valence-corrected chi connectivity index (χ0v) is 14.4. The van der Waals surface area contributed by atoms with Crippen LogP contribution in [0.2, 0.25) is 0 Å². The SMILES string of the molecule is O=[C]C(Cc1cccc2ccccc12)Cc1cc(O)cc2ccccc12. The predicted octanol–water partition coefficient (Wildman–Crippen LogP) is 5.21. The summed E-state index contributed by atoms with van der Waals surface area (Å²) in [6.45, 7) is 0. The van der Waals surface area contributed by atoms with Crippen LogP contribution in [0.4, 0.5) is 0 Å². The van der Waals surface area contributed by atoms with E-state index in [1.165, 1.54) is 10.8 Å². The van der Waals surface area contributed by atoms with Gasteiger partial charge in [-0.3, -0.25) is 4.79 Å². The zero-order chi connectivity index (χ0) is 17.9. The van der Waals surface area contributed by atoms with E-state index in [4.69, 9.17) is 0 Å². The first-order valence-corrected chi connectivity index (χ1v) is 8.79. The number of hydrogen-bond donors (Lipinski definition) is 1. The summed E-state index contributed by atoms with van der Waals surface area (Å²) in [6.07, 6.45) is 3.41. The van der Waals surface area contributed by atoms with Crippen molar-refractivity contribution in [3.8, 4) is 5.75 Å². The molecule has 0 aliphatic rings. The van der Waals surface area contributed by atoms with Gasteiger partial charge in [0, 0.05) is 5.92 Å². The van der Waals surface area contributed by atoms with Gasteiger partial charge in [-0.2, -0.15) is 0 Å². The largest absolute Gasteiger partial charge is 0.508 e. The number of fused-ring (bicyclic) bond motifs is 2. The van der Waals surface area contributed by atoms with E-state index in [1.54, 1.807) is 12.1 Å². The molecule has 0 aromatic heterocycles. The Morgan fingerprint density at radius 1 is 0.731 bits per heavy atom. The summed E-state index contributed by atoms with van der Waals surface area (Å²) in [5, 5.41) is 14.4. The highest BCUT2D eigenvalue weighted by Crippen LogP contribution is 2.28. The van der Waals surface area contributed by atoms with Crippen molar-refractivity contribution in [3.63, 3.8) is 0 Å². The highest BCUT2D eigenvalue weighted by atomic mass is 16.3. The van der Waals surface area contributed by atoms with Crippen LogP contribution in [0, 0.1) is 5.92 Å². The number of aromatic hydroxyl groups is 1. The summed E-state index contributed by atoms with van der Waals surface area (Å²) in [6, 6.07) is 25.9. The van der Waals surface area contributed by atoms with Crippen molar-refractivity contribution in [2.24, 2.45) is 5.92 Å². The van der Waals surface area contributed by atoms with Crippen molar-refractivity contribution in [2.75, 3.05) is 0 Å². The van der Waals surface area contributed by atoms with E-state index in [2.05, 4.69) is 30.6 Å². The lowest BCUT2D eigenvalue weighted by atomic mass is 9.89. The molecule has 2 nitrogen and oxygen atoms in total. The number of carbonyl (C=O) groups excluding carboxylic acids is 1. The van der Waals surface area contributed by atoms with Gasteiger partial charge in [0.05, 0.1) is 0 Å². The maximum Gasteiger partial charge on any atom is 0.202 e. The second kappa shape index (κ2) is 7.01. The first-order chi connectivity index (χ1) is 12.7. The van der Waals surface area contributed by atoms with Gasteiger partial charge in [0.1, 0.15) is 5.75 Å². The van der Waals surface area contributed by atoms with E-state index in [-0.39, 0.29) is 11.7 Å². The van der Waals surface area contributed by atoms with E-state index in [1.807, 2.05) is 42.5 Å². The standard InChI is InChI=1S/C24H19O2/c25-16-17(12-19-9-5-8-18-6-1-3-10-23(18)19)13-21-15-22(26)14-20-7-2-4-11-24(20)21/h1-11,14-15,17,26H,12-13H2. The fourth-order valence-corrected chi connectivity index (χ4v) is 3.70. The Morgan fingerprint density at radius 2 is 1.35 bits per heavy atom. The molecule has 1 unspecified atom stereocenters. The van der Waals surface area contributed by atoms with E-state index >= 15 is 0 Å². The minimum Gasteiger partial charge on any atom is -0.508 e. The third kappa shape index (κ3) is 3.18. The number of rotatable bonds is 5. The number of phenolic OH excluding ortho intramolecular Hbond substituents is 1. The van der Waals surface area contributed by atoms with Gasteiger partial charge in [-0.1, -0.05) is 66.7 Å². The molecule has 1 N–H and O–H groups in total. The van der Waals surface area contributed by atoms with Crippen LogP contribution in [-0.4, -0.2) is 11.4 Å². The van der Waals surface area contributed by atoms with Crippen molar-refractivity contribution >= 4 is 27.8 Å². The third-order valence-corrected chi connectivity index (χ3v) is 4.91. The normalized spacial score (nSPS) is 12.3. The van der Waals surface area contributed by atoms with Crippen molar-refractivity contribution in [3.05, 3.63) is 90.0 Å². The molecular weight excluding hydrogens is 320 g/mol. The Kier molecular flexibility index (Phi) is 4.40. The quantitative estimate of drug-likeness (QED) is 0.542. The Bertz CT molecular complexity index is 1080. The molecule has 2 heteroatoms. The topological polar surface area (TPSA) is 37.3 Å². The van der Waals surface area contributed by atoms with Crippen molar-refractivity contribution in [2.45, 2.75) is 12.8 Å². The molecule has 0 bridgehead atoms. The number of hydrogen-bond acceptors (Lipinski definition) is 2. The van der Waals surface area contributed by atoms with Crippen molar-refractivity contribution < 1.29 is 9.90 Å². The summed E-state index contributed by atoms with van der Waals surface area (Å²) in [7, 11) is 0. The second-order valence-corrected chi connectivity index (χ2v) is 6.69. The van der Waals surface area contributed by atoms with E-state index in [9.17, 15) is 9.90 Å². The maximum absolute atomic E-state index is 11.7. The molecule has 0 aliphatic heterocycles. The van der Waals surface area contributed by atoms with Crippen LogP contribution >= 0.6 is 0 Å². The Balaban J connectivity index is 1.68. The Labute approximate surface area is 152 Å². The predicted molar refractivity (Wildman–Crippen MR) is 106 cm³/mol. The molecule has 0 saturated heterocycles. The monoisotopic (exact) mass is 339 g/mol. The van der Waals surface area contributed by atoms with E-state index in [0.717, 1.165) is 21.9 Å². The molecule has 4 aromatic rings. The van der Waals surface area contributed by atoms with Gasteiger partial charge in [0.15, 0.2) is 0 Å². The summed E-state index contributed by atoms with van der Waals surface area (Å²) in [4.78, 5) is 11.7. The van der Waals surface area contributed by atoms with Gasteiger partial charge in [-0.25, -0.2) is 0 Å². The van der Waals surface area contributed by atoms with Gasteiger partial charge in [0.2, 0.25) is 6.29 Å². The average molecular weight is 339 g/mol. The third-order valence-electron chi connectivity index (χ3n) is 4.91. The van der Waals surface area contributed by atoms with Gasteiger partial charge in [-0.15, -0.1) is 0 Å². The highest BCUT2D eigenvalue weighted by Gasteiger charge is 2.15. The lowest BCUT2D eigenvalue weighted by molar-refractivity contribution is 0.474. The minimum absolute atomic E-state index is 0.230. The molecule has 4 rings (SSSR count). The van der Waals surface area contributed by atoms with E-state index in [0.29, 0.717) is 12.8 Å². The molecule has 0 amide bonds. The van der Waals surface area contributed by atoms with Crippen LogP contribution in [0.15, 0.2) is 78.9 Å². The van der Waals surface area contributed by atoms with Crippen LogP contribution in [-0.2, 0) is 17.6 Å². The summed E-state index contributed by atoms with van der Waals surface area (Å²) < 4.78 is 0. The van der Waals surface area contributed by atoms with Gasteiger partial charge in [0.25, 0.3) is 0 Å². The molecular formula is C24H19O2. The number of phenols is 1. The first kappa shape index (κ1) is 16.3. The zero-order valence-electron chi connectivity index (χ0n) is 14.4. The lowest BCUT2D eigenvalue weighted by Crippen LogP contribution is -2.10. The molecule has 127 valence electrons. The van der Waals surface area contributed by atoms with Crippen LogP contribution in [0.25, 0.3) is 21.5 Å². The molecule has 1 radical (unpaired) electrons. The maximum atomic E-state index is 11.7. The van der Waals surface area contributed by atoms with E-state index < -0.39 is 0 Å². The number of benzene rings is 4. The van der Waals surface area contributed by atoms with Crippen LogP contribution < -0.4 is 0 Å². The van der Waals surface area contributed by atoms with Gasteiger partial charge in [-0.05, 0) is 57.6 Å². The molecule has 1 atom stereocenters. The highest BCUT2D eigenvalue weighted by molar-refractivity contribution is 5.88.